The predicted molar refractivity (Wildman–Crippen MR) is 92.3 cm³/mol. The van der Waals surface area contributed by atoms with Gasteiger partial charge in [0.15, 0.2) is 0 Å². The van der Waals surface area contributed by atoms with E-state index in [2.05, 4.69) is 20.4 Å². The predicted octanol–water partition coefficient (Wildman–Crippen LogP) is 1.84. The van der Waals surface area contributed by atoms with Gasteiger partial charge in [0.2, 0.25) is 5.91 Å². The third kappa shape index (κ3) is 4.42. The summed E-state index contributed by atoms with van der Waals surface area (Å²) in [5.74, 6) is 0.496. The Morgan fingerprint density at radius 3 is 2.60 bits per heavy atom. The Balaban J connectivity index is 1.68. The van der Waals surface area contributed by atoms with Crippen molar-refractivity contribution in [1.29, 1.82) is 0 Å². The number of aromatic nitrogens is 3. The highest BCUT2D eigenvalue weighted by Crippen LogP contribution is 2.25. The lowest BCUT2D eigenvalue weighted by Gasteiger charge is -2.34. The summed E-state index contributed by atoms with van der Waals surface area (Å²) in [4.78, 5) is 15.0. The molecule has 1 fully saturated rings. The zero-order chi connectivity index (χ0) is 17.6. The SMILES string of the molecule is Cn1cnnc1CCNC(=O)C(c1ccc(F)cc1)N1CCCCC1. The summed E-state index contributed by atoms with van der Waals surface area (Å²) in [6.07, 6.45) is 5.64. The Morgan fingerprint density at radius 2 is 1.96 bits per heavy atom. The average Bonchev–Trinajstić information content (AvgIpc) is 3.03. The van der Waals surface area contributed by atoms with E-state index in [9.17, 15) is 9.18 Å². The first-order valence-electron chi connectivity index (χ1n) is 8.75. The van der Waals surface area contributed by atoms with Gasteiger partial charge >= 0.3 is 0 Å². The van der Waals surface area contributed by atoms with Crippen LogP contribution < -0.4 is 5.32 Å². The molecule has 2 heterocycles. The number of halogens is 1. The van der Waals surface area contributed by atoms with E-state index >= 15 is 0 Å². The van der Waals surface area contributed by atoms with E-state index in [1.54, 1.807) is 18.5 Å². The number of piperidine rings is 1. The normalized spacial score (nSPS) is 16.6. The number of amides is 1. The number of likely N-dealkylation sites (tertiary alicyclic amines) is 1. The largest absolute Gasteiger partial charge is 0.354 e. The second-order valence-corrected chi connectivity index (χ2v) is 6.45. The number of hydrogen-bond acceptors (Lipinski definition) is 4. The minimum absolute atomic E-state index is 0.0457. The molecule has 1 aromatic heterocycles. The Kier molecular flexibility index (Phi) is 5.75. The molecule has 1 amide bonds. The van der Waals surface area contributed by atoms with Crippen LogP contribution in [0.15, 0.2) is 30.6 Å². The lowest BCUT2D eigenvalue weighted by atomic mass is 10.0. The van der Waals surface area contributed by atoms with Gasteiger partial charge in [-0.25, -0.2) is 4.39 Å². The monoisotopic (exact) mass is 345 g/mol. The fourth-order valence-corrected chi connectivity index (χ4v) is 3.28. The van der Waals surface area contributed by atoms with Gasteiger partial charge in [-0.1, -0.05) is 18.6 Å². The standard InChI is InChI=1S/C18H24FN5O/c1-23-13-21-22-16(23)9-10-20-18(25)17(24-11-3-2-4-12-24)14-5-7-15(19)8-6-14/h5-8,13,17H,2-4,9-12H2,1H3,(H,20,25). The van der Waals surface area contributed by atoms with Crippen molar-refractivity contribution in [3.05, 3.63) is 47.8 Å². The van der Waals surface area contributed by atoms with Crippen LogP contribution in [-0.4, -0.2) is 45.2 Å². The highest BCUT2D eigenvalue weighted by molar-refractivity contribution is 5.83. The smallest absolute Gasteiger partial charge is 0.241 e. The Labute approximate surface area is 147 Å². The summed E-state index contributed by atoms with van der Waals surface area (Å²) in [7, 11) is 1.88. The van der Waals surface area contributed by atoms with Gasteiger partial charge in [0.1, 0.15) is 24.0 Å². The summed E-state index contributed by atoms with van der Waals surface area (Å²) in [6.45, 7) is 2.27. The molecule has 0 bridgehead atoms. The lowest BCUT2D eigenvalue weighted by Crippen LogP contribution is -2.43. The van der Waals surface area contributed by atoms with Crippen molar-refractivity contribution in [2.75, 3.05) is 19.6 Å². The van der Waals surface area contributed by atoms with E-state index in [1.807, 2.05) is 11.6 Å². The minimum Gasteiger partial charge on any atom is -0.354 e. The third-order valence-electron chi connectivity index (χ3n) is 4.64. The van der Waals surface area contributed by atoms with Crippen LogP contribution in [0, 0.1) is 5.82 Å². The van der Waals surface area contributed by atoms with Crippen molar-refractivity contribution < 1.29 is 9.18 Å². The molecule has 0 saturated carbocycles. The first-order valence-corrected chi connectivity index (χ1v) is 8.75. The maximum Gasteiger partial charge on any atom is 0.241 e. The zero-order valence-corrected chi connectivity index (χ0v) is 14.5. The van der Waals surface area contributed by atoms with Crippen molar-refractivity contribution in [3.63, 3.8) is 0 Å². The number of rotatable bonds is 6. The molecule has 1 N–H and O–H groups in total. The van der Waals surface area contributed by atoms with Crippen LogP contribution in [-0.2, 0) is 18.3 Å². The number of benzene rings is 1. The van der Waals surface area contributed by atoms with Crippen LogP contribution in [0.4, 0.5) is 4.39 Å². The second-order valence-electron chi connectivity index (χ2n) is 6.45. The Bertz CT molecular complexity index is 694. The van der Waals surface area contributed by atoms with E-state index < -0.39 is 0 Å². The number of hydrogen-bond donors (Lipinski definition) is 1. The van der Waals surface area contributed by atoms with Crippen molar-refractivity contribution in [3.8, 4) is 0 Å². The first kappa shape index (κ1) is 17.5. The van der Waals surface area contributed by atoms with Crippen LogP contribution in [0.1, 0.15) is 36.7 Å². The molecule has 1 aliphatic rings. The fraction of sp³-hybridized carbons (Fsp3) is 0.500. The van der Waals surface area contributed by atoms with E-state index in [1.165, 1.54) is 18.6 Å². The highest BCUT2D eigenvalue weighted by atomic mass is 19.1. The number of carbonyl (C=O) groups excluding carboxylic acids is 1. The zero-order valence-electron chi connectivity index (χ0n) is 14.5. The van der Waals surface area contributed by atoms with Gasteiger partial charge in [-0.2, -0.15) is 0 Å². The maximum atomic E-state index is 13.3. The molecule has 7 heteroatoms. The Morgan fingerprint density at radius 1 is 1.24 bits per heavy atom. The topological polar surface area (TPSA) is 63.1 Å². The van der Waals surface area contributed by atoms with Crippen LogP contribution in [0.3, 0.4) is 0 Å². The molecule has 134 valence electrons. The van der Waals surface area contributed by atoms with Gasteiger partial charge in [0.05, 0.1) is 0 Å². The molecule has 0 radical (unpaired) electrons. The van der Waals surface area contributed by atoms with Crippen LogP contribution in [0.5, 0.6) is 0 Å². The summed E-state index contributed by atoms with van der Waals surface area (Å²) in [6, 6.07) is 5.87. The van der Waals surface area contributed by atoms with Gasteiger partial charge in [0.25, 0.3) is 0 Å². The van der Waals surface area contributed by atoms with E-state index in [0.717, 1.165) is 37.3 Å². The van der Waals surface area contributed by atoms with Crippen molar-refractivity contribution in [2.24, 2.45) is 7.05 Å². The molecular weight excluding hydrogens is 321 g/mol. The molecule has 1 saturated heterocycles. The summed E-state index contributed by atoms with van der Waals surface area (Å²) in [5.41, 5.74) is 0.833. The van der Waals surface area contributed by atoms with Crippen molar-refractivity contribution in [2.45, 2.75) is 31.7 Å². The highest BCUT2D eigenvalue weighted by Gasteiger charge is 2.28. The fourth-order valence-electron chi connectivity index (χ4n) is 3.28. The molecule has 1 atom stereocenters. The Hall–Kier alpha value is -2.28. The lowest BCUT2D eigenvalue weighted by molar-refractivity contribution is -0.127. The molecule has 3 rings (SSSR count). The quantitative estimate of drug-likeness (QED) is 0.868. The second kappa shape index (κ2) is 8.20. The number of nitrogens with one attached hydrogen (secondary N) is 1. The maximum absolute atomic E-state index is 13.3. The summed E-state index contributed by atoms with van der Waals surface area (Å²) >= 11 is 0. The first-order chi connectivity index (χ1) is 12.1. The molecule has 0 spiro atoms. The van der Waals surface area contributed by atoms with Gasteiger partial charge < -0.3 is 9.88 Å². The molecule has 6 nitrogen and oxygen atoms in total. The van der Waals surface area contributed by atoms with E-state index in [0.29, 0.717) is 13.0 Å². The molecule has 1 unspecified atom stereocenters. The van der Waals surface area contributed by atoms with E-state index in [-0.39, 0.29) is 17.8 Å². The number of nitrogens with zero attached hydrogens (tertiary/aromatic N) is 4. The molecule has 2 aromatic rings. The number of aryl methyl sites for hydroxylation is 1. The molecule has 1 aromatic carbocycles. The number of carbonyl (C=O) groups is 1. The van der Waals surface area contributed by atoms with Crippen LogP contribution in [0.25, 0.3) is 0 Å². The van der Waals surface area contributed by atoms with Crippen molar-refractivity contribution >= 4 is 5.91 Å². The van der Waals surface area contributed by atoms with Gasteiger partial charge in [0, 0.05) is 20.0 Å². The average molecular weight is 345 g/mol. The molecular formula is C18H24FN5O. The molecule has 1 aliphatic heterocycles. The van der Waals surface area contributed by atoms with E-state index in [4.69, 9.17) is 0 Å². The van der Waals surface area contributed by atoms with Gasteiger partial charge in [-0.15, -0.1) is 10.2 Å². The summed E-state index contributed by atoms with van der Waals surface area (Å²) < 4.78 is 15.1. The summed E-state index contributed by atoms with van der Waals surface area (Å²) in [5, 5.41) is 10.9. The third-order valence-corrected chi connectivity index (χ3v) is 4.64. The minimum atomic E-state index is -0.375. The molecule has 25 heavy (non-hydrogen) atoms. The van der Waals surface area contributed by atoms with Crippen LogP contribution in [0.2, 0.25) is 0 Å². The molecule has 0 aliphatic carbocycles. The van der Waals surface area contributed by atoms with Crippen molar-refractivity contribution in [1.82, 2.24) is 25.0 Å². The van der Waals surface area contributed by atoms with Gasteiger partial charge in [-0.05, 0) is 43.6 Å². The van der Waals surface area contributed by atoms with Crippen LogP contribution >= 0.6 is 0 Å². The van der Waals surface area contributed by atoms with Gasteiger partial charge in [-0.3, -0.25) is 9.69 Å².